The number of aryl methyl sites for hydroxylation is 3. The Labute approximate surface area is 249 Å². The van der Waals surface area contributed by atoms with Crippen molar-refractivity contribution in [2.75, 3.05) is 0 Å². The quantitative estimate of drug-likeness (QED) is 0.179. The molecule has 0 saturated heterocycles. The Kier molecular flexibility index (Phi) is 8.51. The number of carbonyl (C=O) groups is 3. The first-order chi connectivity index (χ1) is 20.2. The monoisotopic (exact) mass is 607 g/mol. The third-order valence-electron chi connectivity index (χ3n) is 6.85. The molecule has 3 heterocycles. The molecule has 0 aliphatic heterocycles. The molecule has 0 saturated carbocycles. The molecule has 0 spiro atoms. The highest BCUT2D eigenvalue weighted by molar-refractivity contribution is 7.15. The number of fused-ring (bicyclic) bond motifs is 1. The van der Waals surface area contributed by atoms with Gasteiger partial charge in [-0.1, -0.05) is 30.7 Å². The number of thiophene rings is 1. The van der Waals surface area contributed by atoms with Crippen LogP contribution in [0.3, 0.4) is 0 Å². The molecule has 9 nitrogen and oxygen atoms in total. The van der Waals surface area contributed by atoms with Gasteiger partial charge in [-0.25, -0.2) is 4.39 Å². The van der Waals surface area contributed by atoms with Gasteiger partial charge in [0.1, 0.15) is 22.3 Å². The highest BCUT2D eigenvalue weighted by Gasteiger charge is 2.24. The fourth-order valence-electron chi connectivity index (χ4n) is 4.82. The number of halogens is 2. The maximum absolute atomic E-state index is 13.9. The summed E-state index contributed by atoms with van der Waals surface area (Å²) in [4.78, 5) is 39.1. The lowest BCUT2D eigenvalue weighted by Gasteiger charge is -2.12. The van der Waals surface area contributed by atoms with E-state index in [1.807, 2.05) is 13.0 Å². The van der Waals surface area contributed by atoms with Crippen LogP contribution >= 0.6 is 22.9 Å². The van der Waals surface area contributed by atoms with E-state index in [0.29, 0.717) is 56.5 Å². The first-order valence-electron chi connectivity index (χ1n) is 13.3. The summed E-state index contributed by atoms with van der Waals surface area (Å²) in [5, 5.41) is 21.9. The summed E-state index contributed by atoms with van der Waals surface area (Å²) >= 11 is 7.78. The fraction of sp³-hybridized carbons (Fsp3) is 0.233. The van der Waals surface area contributed by atoms with E-state index < -0.39 is 17.7 Å². The molecule has 2 aromatic carbocycles. The zero-order valence-corrected chi connectivity index (χ0v) is 24.4. The van der Waals surface area contributed by atoms with Crippen LogP contribution < -0.4 is 5.32 Å². The molecule has 0 radical (unpaired) electrons. The molecule has 42 heavy (non-hydrogen) atoms. The van der Waals surface area contributed by atoms with Crippen LogP contribution in [-0.4, -0.2) is 42.1 Å². The summed E-state index contributed by atoms with van der Waals surface area (Å²) in [6.45, 7) is 4.02. The number of benzene rings is 2. The molecule has 0 aliphatic carbocycles. The van der Waals surface area contributed by atoms with Gasteiger partial charge in [0.15, 0.2) is 11.6 Å². The lowest BCUT2D eigenvalue weighted by molar-refractivity contribution is -0.137. The lowest BCUT2D eigenvalue weighted by Crippen LogP contribution is -2.27. The van der Waals surface area contributed by atoms with Crippen molar-refractivity contribution in [2.24, 2.45) is 0 Å². The van der Waals surface area contributed by atoms with Crippen molar-refractivity contribution in [3.8, 4) is 5.00 Å². The molecule has 2 N–H and O–H groups in total. The molecular weight excluding hydrogens is 581 g/mol. The number of ketones is 1. The van der Waals surface area contributed by atoms with Gasteiger partial charge in [0.2, 0.25) is 0 Å². The highest BCUT2D eigenvalue weighted by Crippen LogP contribution is 2.32. The second-order valence-electron chi connectivity index (χ2n) is 9.66. The number of hydrogen-bond donors (Lipinski definition) is 2. The SMILES string of the molecule is CCc1cc(C(=O)c2ccccc2Cl)c(-n2c(C)nnc2CNC(=O)c2cc3cc(F)ccc3n2CCCC(=O)O)s1. The number of rotatable bonds is 11. The van der Waals surface area contributed by atoms with Crippen LogP contribution in [0, 0.1) is 12.7 Å². The van der Waals surface area contributed by atoms with Crippen LogP contribution in [0.25, 0.3) is 15.9 Å². The Balaban J connectivity index is 1.45. The topological polar surface area (TPSA) is 119 Å². The van der Waals surface area contributed by atoms with Gasteiger partial charge in [-0.15, -0.1) is 21.5 Å². The fourth-order valence-corrected chi connectivity index (χ4v) is 6.20. The Morgan fingerprint density at radius 3 is 2.60 bits per heavy atom. The summed E-state index contributed by atoms with van der Waals surface area (Å²) in [5.74, 6) is -1.10. The summed E-state index contributed by atoms with van der Waals surface area (Å²) in [5.41, 5.74) is 1.73. The van der Waals surface area contributed by atoms with Gasteiger partial charge in [0.25, 0.3) is 5.91 Å². The average molecular weight is 608 g/mol. The van der Waals surface area contributed by atoms with Crippen molar-refractivity contribution >= 4 is 51.5 Å². The Morgan fingerprint density at radius 1 is 1.07 bits per heavy atom. The molecule has 3 aromatic heterocycles. The first kappa shape index (κ1) is 29.2. The van der Waals surface area contributed by atoms with Crippen molar-refractivity contribution in [1.82, 2.24) is 24.6 Å². The summed E-state index contributed by atoms with van der Waals surface area (Å²) in [6, 6.07) is 14.5. The van der Waals surface area contributed by atoms with Crippen molar-refractivity contribution in [3.63, 3.8) is 0 Å². The van der Waals surface area contributed by atoms with Gasteiger partial charge >= 0.3 is 5.97 Å². The van der Waals surface area contributed by atoms with Gasteiger partial charge in [0, 0.05) is 34.3 Å². The minimum atomic E-state index is -0.939. The Hall–Kier alpha value is -4.35. The van der Waals surface area contributed by atoms with Gasteiger partial charge in [-0.3, -0.25) is 19.0 Å². The van der Waals surface area contributed by atoms with E-state index in [0.717, 1.165) is 4.88 Å². The van der Waals surface area contributed by atoms with Crippen LogP contribution in [0.15, 0.2) is 54.6 Å². The number of carboxylic acid groups (broad SMARTS) is 1. The molecule has 216 valence electrons. The average Bonchev–Trinajstić information content (AvgIpc) is 3.66. The van der Waals surface area contributed by atoms with E-state index in [-0.39, 0.29) is 31.0 Å². The molecule has 0 unspecified atom stereocenters. The maximum Gasteiger partial charge on any atom is 0.303 e. The van der Waals surface area contributed by atoms with Crippen LogP contribution in [0.4, 0.5) is 4.39 Å². The normalized spacial score (nSPS) is 11.2. The summed E-state index contributed by atoms with van der Waals surface area (Å²) in [6.07, 6.45) is 0.943. The van der Waals surface area contributed by atoms with Crippen molar-refractivity contribution in [3.05, 3.63) is 98.8 Å². The predicted molar refractivity (Wildman–Crippen MR) is 158 cm³/mol. The van der Waals surface area contributed by atoms with Gasteiger partial charge in [-0.2, -0.15) is 0 Å². The second kappa shape index (κ2) is 12.3. The van der Waals surface area contributed by atoms with Crippen LogP contribution in [0.5, 0.6) is 0 Å². The minimum Gasteiger partial charge on any atom is -0.481 e. The number of aliphatic carboxylic acids is 1. The third-order valence-corrected chi connectivity index (χ3v) is 8.44. The van der Waals surface area contributed by atoms with E-state index in [1.165, 1.54) is 23.5 Å². The molecule has 0 bridgehead atoms. The van der Waals surface area contributed by atoms with Gasteiger partial charge < -0.3 is 15.0 Å². The van der Waals surface area contributed by atoms with Crippen LogP contribution in [0.1, 0.15) is 62.7 Å². The summed E-state index contributed by atoms with van der Waals surface area (Å²) in [7, 11) is 0. The third kappa shape index (κ3) is 5.83. The number of nitrogens with zero attached hydrogens (tertiary/aromatic N) is 4. The Morgan fingerprint density at radius 2 is 1.86 bits per heavy atom. The van der Waals surface area contributed by atoms with Crippen molar-refractivity contribution in [2.45, 2.75) is 46.2 Å². The van der Waals surface area contributed by atoms with E-state index in [4.69, 9.17) is 16.7 Å². The molecule has 0 aliphatic rings. The largest absolute Gasteiger partial charge is 0.481 e. The molecule has 5 aromatic rings. The second-order valence-corrected chi connectivity index (χ2v) is 11.2. The van der Waals surface area contributed by atoms with Gasteiger partial charge in [-0.05, 0) is 62.2 Å². The van der Waals surface area contributed by atoms with E-state index >= 15 is 0 Å². The van der Waals surface area contributed by atoms with Gasteiger partial charge in [0.05, 0.1) is 17.1 Å². The molecule has 5 rings (SSSR count). The smallest absolute Gasteiger partial charge is 0.303 e. The zero-order valence-electron chi connectivity index (χ0n) is 22.9. The molecule has 0 atom stereocenters. The van der Waals surface area contributed by atoms with E-state index in [1.54, 1.807) is 52.5 Å². The number of aromatic nitrogens is 4. The maximum atomic E-state index is 13.9. The molecule has 1 amide bonds. The predicted octanol–water partition coefficient (Wildman–Crippen LogP) is 5.97. The zero-order chi connectivity index (χ0) is 30.0. The lowest BCUT2D eigenvalue weighted by atomic mass is 10.0. The molecule has 12 heteroatoms. The van der Waals surface area contributed by atoms with Crippen LogP contribution in [0.2, 0.25) is 5.02 Å². The van der Waals surface area contributed by atoms with Crippen molar-refractivity contribution < 1.29 is 23.9 Å². The van der Waals surface area contributed by atoms with Crippen LogP contribution in [-0.2, 0) is 24.3 Å². The Bertz CT molecular complexity index is 1830. The van der Waals surface area contributed by atoms with E-state index in [9.17, 15) is 18.8 Å². The van der Waals surface area contributed by atoms with Crippen molar-refractivity contribution in [1.29, 1.82) is 0 Å². The molecular formula is C30H27ClFN5O4S. The number of carboxylic acids is 1. The number of nitrogens with one attached hydrogen (secondary N) is 1. The molecule has 0 fully saturated rings. The highest BCUT2D eigenvalue weighted by atomic mass is 35.5. The first-order valence-corrected chi connectivity index (χ1v) is 14.5. The number of amides is 1. The standard InChI is InChI=1S/C30H27ClFN5O4S/c1-3-20-15-22(28(40)21-7-4-5-8-23(21)31)30(42-20)37-17(2)34-35-26(37)16-33-29(41)25-14-18-13-19(32)10-11-24(18)36(25)12-6-9-27(38)39/h4-5,7-8,10-11,13-15H,3,6,9,12,16H2,1-2H3,(H,33,41)(H,38,39). The summed E-state index contributed by atoms with van der Waals surface area (Å²) < 4.78 is 17.4. The minimum absolute atomic E-state index is 0.0102. The number of hydrogen-bond acceptors (Lipinski definition) is 6. The van der Waals surface area contributed by atoms with E-state index in [2.05, 4.69) is 15.5 Å². The number of carbonyl (C=O) groups excluding carboxylic acids is 2.